The van der Waals surface area contributed by atoms with Crippen LogP contribution in [0.2, 0.25) is 0 Å². The van der Waals surface area contributed by atoms with Gasteiger partial charge in [0.2, 0.25) is 0 Å². The summed E-state index contributed by atoms with van der Waals surface area (Å²) in [5.74, 6) is -2.93. The van der Waals surface area contributed by atoms with Crippen molar-refractivity contribution in [1.29, 1.82) is 0 Å². The zero-order valence-corrected chi connectivity index (χ0v) is 11.5. The van der Waals surface area contributed by atoms with E-state index >= 15 is 0 Å². The summed E-state index contributed by atoms with van der Waals surface area (Å²) < 4.78 is 27.2. The van der Waals surface area contributed by atoms with Crippen molar-refractivity contribution in [2.75, 3.05) is 13.1 Å². The number of aliphatic carboxylic acids is 1. The molecular weight excluding hydrogens is 280 g/mol. The molecule has 1 aliphatic rings. The van der Waals surface area contributed by atoms with E-state index in [4.69, 9.17) is 5.11 Å². The number of carboxylic acid groups (broad SMARTS) is 1. The first-order chi connectivity index (χ1) is 9.99. The maximum atomic E-state index is 13.6. The number of amides is 1. The Kier molecular flexibility index (Phi) is 4.88. The van der Waals surface area contributed by atoms with Crippen LogP contribution < -0.4 is 0 Å². The third-order valence-electron chi connectivity index (χ3n) is 3.84. The quantitative estimate of drug-likeness (QED) is 0.929. The third kappa shape index (κ3) is 3.77. The second-order valence-corrected chi connectivity index (χ2v) is 5.26. The first-order valence-electron chi connectivity index (χ1n) is 6.94. The van der Waals surface area contributed by atoms with E-state index in [9.17, 15) is 18.4 Å². The molecule has 1 N–H and O–H groups in total. The smallest absolute Gasteiger partial charge is 0.303 e. The van der Waals surface area contributed by atoms with Crippen LogP contribution in [0.1, 0.15) is 36.0 Å². The average Bonchev–Trinajstić information content (AvgIpc) is 2.45. The highest BCUT2D eigenvalue weighted by Gasteiger charge is 2.27. The third-order valence-corrected chi connectivity index (χ3v) is 3.84. The molecule has 6 heteroatoms. The zero-order chi connectivity index (χ0) is 15.4. The summed E-state index contributed by atoms with van der Waals surface area (Å²) in [4.78, 5) is 24.1. The van der Waals surface area contributed by atoms with Gasteiger partial charge in [0.1, 0.15) is 17.2 Å². The highest BCUT2D eigenvalue weighted by molar-refractivity contribution is 5.94. The van der Waals surface area contributed by atoms with Crippen LogP contribution in [0.4, 0.5) is 8.78 Å². The molecule has 2 rings (SSSR count). The Balaban J connectivity index is 1.96. The summed E-state index contributed by atoms with van der Waals surface area (Å²) >= 11 is 0. The van der Waals surface area contributed by atoms with Gasteiger partial charge in [-0.15, -0.1) is 0 Å². The largest absolute Gasteiger partial charge is 0.481 e. The minimum Gasteiger partial charge on any atom is -0.481 e. The number of carbonyl (C=O) groups is 2. The van der Waals surface area contributed by atoms with E-state index in [-0.39, 0.29) is 12.3 Å². The number of hydrogen-bond donors (Lipinski definition) is 1. The van der Waals surface area contributed by atoms with Crippen molar-refractivity contribution in [3.8, 4) is 0 Å². The Labute approximate surface area is 121 Å². The van der Waals surface area contributed by atoms with E-state index in [0.29, 0.717) is 32.4 Å². The van der Waals surface area contributed by atoms with Gasteiger partial charge < -0.3 is 10.0 Å². The van der Waals surface area contributed by atoms with Gasteiger partial charge in [-0.25, -0.2) is 8.78 Å². The SMILES string of the molecule is O=C(O)CCC1CCN(C(=O)c2c(F)cccc2F)CC1. The Hall–Kier alpha value is -1.98. The lowest BCUT2D eigenvalue weighted by atomic mass is 9.92. The lowest BCUT2D eigenvalue weighted by Gasteiger charge is -2.32. The predicted molar refractivity (Wildman–Crippen MR) is 71.9 cm³/mol. The molecule has 0 atom stereocenters. The Morgan fingerprint density at radius 2 is 1.76 bits per heavy atom. The van der Waals surface area contributed by atoms with Crippen molar-refractivity contribution < 1.29 is 23.5 Å². The highest BCUT2D eigenvalue weighted by Crippen LogP contribution is 2.24. The molecule has 1 fully saturated rings. The standard InChI is InChI=1S/C15H17F2NO3/c16-11-2-1-3-12(17)14(11)15(21)18-8-6-10(7-9-18)4-5-13(19)20/h1-3,10H,4-9H2,(H,19,20). The first-order valence-corrected chi connectivity index (χ1v) is 6.94. The summed E-state index contributed by atoms with van der Waals surface area (Å²) in [6, 6.07) is 3.35. The van der Waals surface area contributed by atoms with Crippen molar-refractivity contribution in [1.82, 2.24) is 4.90 Å². The van der Waals surface area contributed by atoms with E-state index in [1.165, 1.54) is 11.0 Å². The Bertz CT molecular complexity index is 519. The molecule has 1 amide bonds. The number of likely N-dealkylation sites (tertiary alicyclic amines) is 1. The molecule has 1 aromatic carbocycles. The average molecular weight is 297 g/mol. The van der Waals surface area contributed by atoms with E-state index < -0.39 is 29.1 Å². The van der Waals surface area contributed by atoms with Crippen molar-refractivity contribution >= 4 is 11.9 Å². The van der Waals surface area contributed by atoms with E-state index in [1.54, 1.807) is 0 Å². The van der Waals surface area contributed by atoms with Gasteiger partial charge in [-0.1, -0.05) is 6.07 Å². The minimum atomic E-state index is -0.854. The van der Waals surface area contributed by atoms with Gasteiger partial charge in [-0.2, -0.15) is 0 Å². The predicted octanol–water partition coefficient (Wildman–Crippen LogP) is 2.68. The van der Waals surface area contributed by atoms with Crippen molar-refractivity contribution in [2.24, 2.45) is 5.92 Å². The highest BCUT2D eigenvalue weighted by atomic mass is 19.1. The fourth-order valence-corrected chi connectivity index (χ4v) is 2.61. The van der Waals surface area contributed by atoms with Crippen molar-refractivity contribution in [2.45, 2.75) is 25.7 Å². The van der Waals surface area contributed by atoms with Crippen LogP contribution in [0, 0.1) is 17.6 Å². The number of carbonyl (C=O) groups excluding carboxylic acids is 1. The van der Waals surface area contributed by atoms with Crippen LogP contribution >= 0.6 is 0 Å². The number of carboxylic acids is 1. The summed E-state index contributed by atoms with van der Waals surface area (Å²) in [7, 11) is 0. The van der Waals surface area contributed by atoms with Crippen LogP contribution in [-0.4, -0.2) is 35.0 Å². The lowest BCUT2D eigenvalue weighted by Crippen LogP contribution is -2.39. The van der Waals surface area contributed by atoms with Crippen LogP contribution in [-0.2, 0) is 4.79 Å². The summed E-state index contributed by atoms with van der Waals surface area (Å²) in [6.45, 7) is 0.799. The van der Waals surface area contributed by atoms with Crippen molar-refractivity contribution in [3.05, 3.63) is 35.4 Å². The van der Waals surface area contributed by atoms with E-state index in [2.05, 4.69) is 0 Å². The fraction of sp³-hybridized carbons (Fsp3) is 0.467. The molecule has 114 valence electrons. The second kappa shape index (κ2) is 6.65. The molecule has 0 spiro atoms. The van der Waals surface area contributed by atoms with Gasteiger partial charge in [0.15, 0.2) is 0 Å². The monoisotopic (exact) mass is 297 g/mol. The number of nitrogens with zero attached hydrogens (tertiary/aromatic N) is 1. The maximum Gasteiger partial charge on any atom is 0.303 e. The number of piperidine rings is 1. The lowest BCUT2D eigenvalue weighted by molar-refractivity contribution is -0.137. The molecule has 21 heavy (non-hydrogen) atoms. The van der Waals surface area contributed by atoms with Gasteiger partial charge in [0, 0.05) is 19.5 Å². The van der Waals surface area contributed by atoms with Crippen LogP contribution in [0.5, 0.6) is 0 Å². The number of halogens is 2. The maximum absolute atomic E-state index is 13.6. The normalized spacial score (nSPS) is 16.0. The number of benzene rings is 1. The molecule has 1 aromatic rings. The molecule has 0 saturated carbocycles. The van der Waals surface area contributed by atoms with Gasteiger partial charge >= 0.3 is 5.97 Å². The van der Waals surface area contributed by atoms with Crippen LogP contribution in [0.25, 0.3) is 0 Å². The summed E-state index contributed by atoms with van der Waals surface area (Å²) in [5, 5.41) is 8.65. The van der Waals surface area contributed by atoms with Crippen LogP contribution in [0.3, 0.4) is 0 Å². The van der Waals surface area contributed by atoms with Gasteiger partial charge in [-0.3, -0.25) is 9.59 Å². The molecule has 0 radical (unpaired) electrons. The number of rotatable bonds is 4. The zero-order valence-electron chi connectivity index (χ0n) is 11.5. The fourth-order valence-electron chi connectivity index (χ4n) is 2.61. The molecule has 1 saturated heterocycles. The first kappa shape index (κ1) is 15.4. The summed E-state index contributed by atoms with van der Waals surface area (Å²) in [5.41, 5.74) is -0.513. The van der Waals surface area contributed by atoms with Gasteiger partial charge in [0.05, 0.1) is 0 Å². The van der Waals surface area contributed by atoms with Crippen molar-refractivity contribution in [3.63, 3.8) is 0 Å². The second-order valence-electron chi connectivity index (χ2n) is 5.26. The minimum absolute atomic E-state index is 0.112. The van der Waals surface area contributed by atoms with Crippen LogP contribution in [0.15, 0.2) is 18.2 Å². The topological polar surface area (TPSA) is 57.6 Å². The Morgan fingerprint density at radius 3 is 2.29 bits per heavy atom. The molecular formula is C15H17F2NO3. The number of hydrogen-bond acceptors (Lipinski definition) is 2. The Morgan fingerprint density at radius 1 is 1.19 bits per heavy atom. The van der Waals surface area contributed by atoms with E-state index in [1.807, 2.05) is 0 Å². The molecule has 4 nitrogen and oxygen atoms in total. The molecule has 1 heterocycles. The van der Waals surface area contributed by atoms with Gasteiger partial charge in [-0.05, 0) is 37.3 Å². The van der Waals surface area contributed by atoms with Gasteiger partial charge in [0.25, 0.3) is 5.91 Å². The summed E-state index contributed by atoms with van der Waals surface area (Å²) in [6.07, 6.45) is 2.01. The van der Waals surface area contributed by atoms with E-state index in [0.717, 1.165) is 12.1 Å². The molecule has 0 aliphatic carbocycles. The molecule has 0 bridgehead atoms. The molecule has 0 aromatic heterocycles. The molecule has 1 aliphatic heterocycles. The molecule has 0 unspecified atom stereocenters.